The summed E-state index contributed by atoms with van der Waals surface area (Å²) in [6.45, 7) is 1.92. The first kappa shape index (κ1) is 21.1. The lowest BCUT2D eigenvalue weighted by Crippen LogP contribution is -2.12. The molecule has 0 spiro atoms. The van der Waals surface area contributed by atoms with Crippen LogP contribution in [-0.2, 0) is 10.0 Å². The first-order chi connectivity index (χ1) is 16.0. The molecule has 3 aromatic carbocycles. The molecule has 33 heavy (non-hydrogen) atoms. The number of thiophene rings is 1. The number of hydrogen-bond donors (Lipinski definition) is 2. The Hall–Kier alpha value is -3.75. The number of nitrogens with one attached hydrogen (secondary N) is 2. The molecule has 0 atom stereocenters. The fraction of sp³-hybridized carbons (Fsp3) is 0.0400. The third-order valence-electron chi connectivity index (χ3n) is 5.09. The monoisotopic (exact) mass is 472 g/mol. The highest BCUT2D eigenvalue weighted by Gasteiger charge is 2.14. The molecule has 0 bridgehead atoms. The van der Waals surface area contributed by atoms with Gasteiger partial charge in [0.1, 0.15) is 12.1 Å². The van der Waals surface area contributed by atoms with Gasteiger partial charge in [0, 0.05) is 22.1 Å². The van der Waals surface area contributed by atoms with Crippen LogP contribution in [0.1, 0.15) is 5.56 Å². The van der Waals surface area contributed by atoms with E-state index in [-0.39, 0.29) is 4.90 Å². The first-order valence-corrected chi connectivity index (χ1v) is 12.5. The van der Waals surface area contributed by atoms with Gasteiger partial charge in [0.25, 0.3) is 10.0 Å². The molecule has 5 rings (SSSR count). The van der Waals surface area contributed by atoms with Gasteiger partial charge in [0.05, 0.1) is 15.5 Å². The lowest BCUT2D eigenvalue weighted by atomic mass is 10.2. The minimum absolute atomic E-state index is 0.227. The lowest BCUT2D eigenvalue weighted by Gasteiger charge is -2.10. The van der Waals surface area contributed by atoms with E-state index in [1.54, 1.807) is 59.9 Å². The number of fused-ring (bicyclic) bond motifs is 1. The largest absolute Gasteiger partial charge is 0.340 e. The third kappa shape index (κ3) is 4.72. The van der Waals surface area contributed by atoms with Crippen LogP contribution in [0.4, 0.5) is 17.2 Å². The van der Waals surface area contributed by atoms with E-state index in [9.17, 15) is 8.42 Å². The van der Waals surface area contributed by atoms with Crippen molar-refractivity contribution in [3.63, 3.8) is 0 Å². The molecule has 164 valence electrons. The van der Waals surface area contributed by atoms with Crippen molar-refractivity contribution in [1.82, 2.24) is 9.97 Å². The zero-order valence-electron chi connectivity index (χ0n) is 17.7. The van der Waals surface area contributed by atoms with Gasteiger partial charge < -0.3 is 5.32 Å². The number of rotatable bonds is 6. The van der Waals surface area contributed by atoms with Crippen molar-refractivity contribution in [2.45, 2.75) is 11.8 Å². The van der Waals surface area contributed by atoms with Gasteiger partial charge in [-0.25, -0.2) is 18.4 Å². The molecule has 8 heteroatoms. The van der Waals surface area contributed by atoms with Crippen molar-refractivity contribution in [3.8, 4) is 10.6 Å². The van der Waals surface area contributed by atoms with Crippen molar-refractivity contribution in [1.29, 1.82) is 0 Å². The summed E-state index contributed by atoms with van der Waals surface area (Å²) in [4.78, 5) is 10.0. The summed E-state index contributed by atoms with van der Waals surface area (Å²) in [6, 6.07) is 26.0. The summed E-state index contributed by atoms with van der Waals surface area (Å²) in [7, 11) is -3.64. The summed E-state index contributed by atoms with van der Waals surface area (Å²) in [5.41, 5.74) is 3.12. The molecule has 0 amide bonds. The van der Waals surface area contributed by atoms with Crippen LogP contribution in [0, 0.1) is 6.92 Å². The fourth-order valence-electron chi connectivity index (χ4n) is 3.37. The Morgan fingerprint density at radius 2 is 1.55 bits per heavy atom. The van der Waals surface area contributed by atoms with E-state index in [2.05, 4.69) is 38.2 Å². The van der Waals surface area contributed by atoms with E-state index < -0.39 is 10.0 Å². The van der Waals surface area contributed by atoms with E-state index in [0.29, 0.717) is 11.5 Å². The van der Waals surface area contributed by atoms with E-state index in [1.165, 1.54) is 16.4 Å². The van der Waals surface area contributed by atoms with E-state index >= 15 is 0 Å². The van der Waals surface area contributed by atoms with Gasteiger partial charge in [-0.2, -0.15) is 0 Å². The smallest absolute Gasteiger partial charge is 0.261 e. The maximum Gasteiger partial charge on any atom is 0.261 e. The normalized spacial score (nSPS) is 11.4. The highest BCUT2D eigenvalue weighted by atomic mass is 32.2. The molecule has 0 saturated carbocycles. The molecule has 2 heterocycles. The molecule has 0 aliphatic carbocycles. The van der Waals surface area contributed by atoms with Gasteiger partial charge in [-0.15, -0.1) is 11.3 Å². The van der Waals surface area contributed by atoms with Crippen LogP contribution in [0.15, 0.2) is 96.2 Å². The summed E-state index contributed by atoms with van der Waals surface area (Å²) in [6.07, 6.45) is 1.53. The molecule has 2 N–H and O–H groups in total. The van der Waals surface area contributed by atoms with Crippen molar-refractivity contribution < 1.29 is 8.42 Å². The van der Waals surface area contributed by atoms with Crippen LogP contribution in [0.5, 0.6) is 0 Å². The number of anilines is 3. The molecule has 0 fully saturated rings. The average Bonchev–Trinajstić information content (AvgIpc) is 3.25. The number of aryl methyl sites for hydroxylation is 1. The second-order valence-electron chi connectivity index (χ2n) is 7.56. The lowest BCUT2D eigenvalue weighted by molar-refractivity contribution is 0.601. The van der Waals surface area contributed by atoms with Crippen molar-refractivity contribution in [2.24, 2.45) is 0 Å². The second kappa shape index (κ2) is 8.65. The van der Waals surface area contributed by atoms with E-state index in [0.717, 1.165) is 21.8 Å². The Balaban J connectivity index is 1.31. The third-order valence-corrected chi connectivity index (χ3v) is 7.62. The summed E-state index contributed by atoms with van der Waals surface area (Å²) >= 11 is 1.69. The summed E-state index contributed by atoms with van der Waals surface area (Å²) in [5.74, 6) is 0.658. The SMILES string of the molecule is Cc1ccc(S(=O)(=O)Nc2ccc(Nc3cc(-c4cc5ccccc5s4)ncn3)cc2)cc1. The van der Waals surface area contributed by atoms with Gasteiger partial charge >= 0.3 is 0 Å². The Bertz CT molecular complexity index is 1490. The Morgan fingerprint density at radius 3 is 2.30 bits per heavy atom. The molecule has 0 radical (unpaired) electrons. The number of sulfonamides is 1. The Morgan fingerprint density at radius 1 is 0.818 bits per heavy atom. The fourth-order valence-corrected chi connectivity index (χ4v) is 5.46. The molecule has 2 aromatic heterocycles. The number of benzene rings is 3. The molecule has 6 nitrogen and oxygen atoms in total. The highest BCUT2D eigenvalue weighted by molar-refractivity contribution is 7.92. The number of hydrogen-bond acceptors (Lipinski definition) is 6. The summed E-state index contributed by atoms with van der Waals surface area (Å²) in [5, 5.41) is 4.44. The predicted octanol–water partition coefficient (Wildman–Crippen LogP) is 6.21. The predicted molar refractivity (Wildman–Crippen MR) is 135 cm³/mol. The standard InChI is InChI=1S/C25H20N4O2S2/c1-17-6-12-21(13-7-17)33(30,31)29-20-10-8-19(9-11-20)28-25-15-22(26-16-27-25)24-14-18-4-2-3-5-23(18)32-24/h2-16,29H,1H3,(H,26,27,28). The highest BCUT2D eigenvalue weighted by Crippen LogP contribution is 2.33. The van der Waals surface area contributed by atoms with Crippen LogP contribution in [0.2, 0.25) is 0 Å². The average molecular weight is 473 g/mol. The molecule has 5 aromatic rings. The maximum atomic E-state index is 12.6. The minimum atomic E-state index is -3.64. The van der Waals surface area contributed by atoms with Crippen LogP contribution in [0.25, 0.3) is 20.7 Å². The van der Waals surface area contributed by atoms with Gasteiger partial charge in [-0.1, -0.05) is 35.9 Å². The molecular weight excluding hydrogens is 452 g/mol. The number of aromatic nitrogens is 2. The summed E-state index contributed by atoms with van der Waals surface area (Å²) < 4.78 is 29.0. The Labute approximate surface area is 196 Å². The molecule has 0 unspecified atom stereocenters. The topological polar surface area (TPSA) is 84.0 Å². The molecular formula is C25H20N4O2S2. The van der Waals surface area contributed by atoms with Crippen molar-refractivity contribution >= 4 is 48.6 Å². The van der Waals surface area contributed by atoms with Gasteiger partial charge in [-0.05, 0) is 60.8 Å². The number of nitrogens with zero attached hydrogens (tertiary/aromatic N) is 2. The van der Waals surface area contributed by atoms with Crippen LogP contribution < -0.4 is 10.0 Å². The molecule has 0 aliphatic heterocycles. The minimum Gasteiger partial charge on any atom is -0.340 e. The van der Waals surface area contributed by atoms with Crippen molar-refractivity contribution in [3.05, 3.63) is 96.8 Å². The van der Waals surface area contributed by atoms with Gasteiger partial charge in [-0.3, -0.25) is 4.72 Å². The van der Waals surface area contributed by atoms with Crippen molar-refractivity contribution in [2.75, 3.05) is 10.0 Å². The van der Waals surface area contributed by atoms with Crippen LogP contribution >= 0.6 is 11.3 Å². The van der Waals surface area contributed by atoms with Gasteiger partial charge in [0.15, 0.2) is 0 Å². The Kier molecular flexibility index (Phi) is 5.53. The van der Waals surface area contributed by atoms with E-state index in [4.69, 9.17) is 0 Å². The van der Waals surface area contributed by atoms with Crippen LogP contribution in [-0.4, -0.2) is 18.4 Å². The maximum absolute atomic E-state index is 12.6. The van der Waals surface area contributed by atoms with Crippen LogP contribution in [0.3, 0.4) is 0 Å². The zero-order valence-corrected chi connectivity index (χ0v) is 19.3. The van der Waals surface area contributed by atoms with E-state index in [1.807, 2.05) is 25.1 Å². The quantitative estimate of drug-likeness (QED) is 0.307. The van der Waals surface area contributed by atoms with Gasteiger partial charge in [0.2, 0.25) is 0 Å². The zero-order chi connectivity index (χ0) is 22.8. The molecule has 0 aliphatic rings. The first-order valence-electron chi connectivity index (χ1n) is 10.2. The second-order valence-corrected chi connectivity index (χ2v) is 10.3. The molecule has 0 saturated heterocycles.